The van der Waals surface area contributed by atoms with E-state index in [9.17, 15) is 18.4 Å². The van der Waals surface area contributed by atoms with E-state index in [0.717, 1.165) is 0 Å². The third-order valence-corrected chi connectivity index (χ3v) is 3.80. The minimum Gasteiger partial charge on any atom is -0.465 e. The second kappa shape index (κ2) is 11.8. The summed E-state index contributed by atoms with van der Waals surface area (Å²) in [5, 5.41) is 2.60. The molecule has 0 aromatic heterocycles. The Hall–Kier alpha value is -1.71. The monoisotopic (exact) mass is 376 g/mol. The average Bonchev–Trinajstić information content (AvgIpc) is 2.54. The van der Waals surface area contributed by atoms with Crippen LogP contribution in [0.25, 0.3) is 0 Å². The maximum atomic E-state index is 12.6. The first-order valence-electron chi connectivity index (χ1n) is 7.66. The zero-order valence-electron chi connectivity index (χ0n) is 14.2. The number of para-hydroxylation sites is 1. The third kappa shape index (κ3) is 8.80. The molecule has 1 amide bonds. The number of methoxy groups -OCH3 is 1. The largest absolute Gasteiger partial charge is 0.465 e. The lowest BCUT2D eigenvalue weighted by Crippen LogP contribution is -2.39. The number of rotatable bonds is 11. The highest BCUT2D eigenvalue weighted by atomic mass is 32.2. The van der Waals surface area contributed by atoms with Crippen LogP contribution >= 0.6 is 11.8 Å². The number of nitrogens with zero attached hydrogens (tertiary/aromatic N) is 1. The van der Waals surface area contributed by atoms with E-state index in [1.807, 2.05) is 0 Å². The molecule has 0 heterocycles. The molecule has 0 bridgehead atoms. The molecule has 0 aliphatic rings. The van der Waals surface area contributed by atoms with Crippen LogP contribution in [0, 0.1) is 0 Å². The number of alkyl halides is 2. The Balaban J connectivity index is 2.69. The van der Waals surface area contributed by atoms with Crippen molar-refractivity contribution in [3.05, 3.63) is 24.3 Å². The number of hydrogen-bond acceptors (Lipinski definition) is 6. The van der Waals surface area contributed by atoms with E-state index < -0.39 is 17.6 Å². The molecule has 1 aromatic rings. The van der Waals surface area contributed by atoms with Crippen molar-refractivity contribution in [3.8, 4) is 0 Å². The summed E-state index contributed by atoms with van der Waals surface area (Å²) in [5.41, 5.74) is 0.306. The van der Waals surface area contributed by atoms with Gasteiger partial charge in [0, 0.05) is 18.6 Å². The molecule has 1 rings (SSSR count). The average molecular weight is 376 g/mol. The molecule has 0 saturated heterocycles. The molecule has 6 nitrogen and oxygen atoms in total. The number of nitrogens with one attached hydrogen (secondary N) is 1. The molecule has 0 aliphatic heterocycles. The van der Waals surface area contributed by atoms with Crippen LogP contribution in [-0.2, 0) is 19.1 Å². The van der Waals surface area contributed by atoms with Gasteiger partial charge < -0.3 is 14.8 Å². The fourth-order valence-corrected chi connectivity index (χ4v) is 2.58. The summed E-state index contributed by atoms with van der Waals surface area (Å²) < 4.78 is 35.0. The van der Waals surface area contributed by atoms with Crippen molar-refractivity contribution in [2.24, 2.45) is 0 Å². The van der Waals surface area contributed by atoms with Crippen molar-refractivity contribution < 1.29 is 27.8 Å². The molecule has 0 radical (unpaired) electrons. The van der Waals surface area contributed by atoms with E-state index >= 15 is 0 Å². The third-order valence-electron chi connectivity index (χ3n) is 3.01. The quantitative estimate of drug-likeness (QED) is 0.473. The number of halogens is 2. The molecule has 9 heteroatoms. The molecular formula is C16H22F2N2O4S. The van der Waals surface area contributed by atoms with Crippen LogP contribution in [0.5, 0.6) is 0 Å². The van der Waals surface area contributed by atoms with Crippen molar-refractivity contribution in [1.29, 1.82) is 0 Å². The van der Waals surface area contributed by atoms with E-state index in [1.54, 1.807) is 30.0 Å². The first-order chi connectivity index (χ1) is 12.0. The summed E-state index contributed by atoms with van der Waals surface area (Å²) >= 11 is 0.361. The summed E-state index contributed by atoms with van der Waals surface area (Å²) in [4.78, 5) is 25.7. The lowest BCUT2D eigenvalue weighted by Gasteiger charge is -2.20. The molecular weight excluding hydrogens is 354 g/mol. The zero-order valence-corrected chi connectivity index (χ0v) is 15.0. The zero-order chi connectivity index (χ0) is 18.7. The van der Waals surface area contributed by atoms with Crippen LogP contribution in [0.4, 0.5) is 14.5 Å². The van der Waals surface area contributed by atoms with Gasteiger partial charge in [-0.15, -0.1) is 0 Å². The predicted molar refractivity (Wildman–Crippen MR) is 91.9 cm³/mol. The normalized spacial score (nSPS) is 11.0. The molecule has 0 spiro atoms. The van der Waals surface area contributed by atoms with Gasteiger partial charge in [0.1, 0.15) is 0 Å². The molecule has 0 unspecified atom stereocenters. The first kappa shape index (κ1) is 21.3. The number of esters is 1. The second-order valence-corrected chi connectivity index (χ2v) is 5.96. The molecule has 1 N–H and O–H groups in total. The van der Waals surface area contributed by atoms with Gasteiger partial charge in [0.2, 0.25) is 5.91 Å². The molecule has 0 aliphatic carbocycles. The Bertz CT molecular complexity index is 561. The highest BCUT2D eigenvalue weighted by Gasteiger charge is 2.17. The fourth-order valence-electron chi connectivity index (χ4n) is 1.99. The van der Waals surface area contributed by atoms with Crippen LogP contribution in [0.3, 0.4) is 0 Å². The molecule has 0 saturated carbocycles. The number of benzene rings is 1. The number of carbonyl (C=O) groups excluding carboxylic acids is 2. The minimum atomic E-state index is -2.58. The van der Waals surface area contributed by atoms with Crippen molar-refractivity contribution in [2.45, 2.75) is 17.6 Å². The van der Waals surface area contributed by atoms with Gasteiger partial charge in [-0.25, -0.2) is 0 Å². The Morgan fingerprint density at radius 1 is 1.28 bits per heavy atom. The summed E-state index contributed by atoms with van der Waals surface area (Å²) in [6.07, 6.45) is 0. The number of carbonyl (C=O) groups is 2. The lowest BCUT2D eigenvalue weighted by molar-refractivity contribution is -0.144. The SMILES string of the molecule is CCOC(=O)CN(CCOC)CC(=O)Nc1ccccc1SC(F)F. The van der Waals surface area contributed by atoms with Crippen molar-refractivity contribution in [3.63, 3.8) is 0 Å². The Labute approximate surface area is 149 Å². The van der Waals surface area contributed by atoms with E-state index in [-0.39, 0.29) is 24.6 Å². The van der Waals surface area contributed by atoms with Gasteiger partial charge in [-0.3, -0.25) is 14.5 Å². The van der Waals surface area contributed by atoms with E-state index in [1.165, 1.54) is 13.2 Å². The van der Waals surface area contributed by atoms with Gasteiger partial charge in [0.05, 0.1) is 32.0 Å². The summed E-state index contributed by atoms with van der Waals surface area (Å²) in [6, 6.07) is 6.32. The number of ether oxygens (including phenoxy) is 2. The maximum absolute atomic E-state index is 12.6. The highest BCUT2D eigenvalue weighted by Crippen LogP contribution is 2.31. The van der Waals surface area contributed by atoms with Gasteiger partial charge in [-0.05, 0) is 19.1 Å². The smallest absolute Gasteiger partial charge is 0.320 e. The first-order valence-corrected chi connectivity index (χ1v) is 8.54. The van der Waals surface area contributed by atoms with Crippen molar-refractivity contribution in [2.75, 3.05) is 45.3 Å². The van der Waals surface area contributed by atoms with Crippen molar-refractivity contribution >= 4 is 29.3 Å². The Kier molecular flexibility index (Phi) is 10.0. The molecule has 140 valence electrons. The van der Waals surface area contributed by atoms with Crippen LogP contribution in [0.2, 0.25) is 0 Å². The highest BCUT2D eigenvalue weighted by molar-refractivity contribution is 7.99. The molecule has 0 fully saturated rings. The van der Waals surface area contributed by atoms with Gasteiger partial charge in [-0.1, -0.05) is 23.9 Å². The van der Waals surface area contributed by atoms with Gasteiger partial charge >= 0.3 is 5.97 Å². The van der Waals surface area contributed by atoms with E-state index in [2.05, 4.69) is 5.32 Å². The van der Waals surface area contributed by atoms with Gasteiger partial charge in [0.25, 0.3) is 5.76 Å². The second-order valence-electron chi connectivity index (χ2n) is 4.93. The number of hydrogen-bond donors (Lipinski definition) is 1. The Morgan fingerprint density at radius 3 is 2.64 bits per heavy atom. The lowest BCUT2D eigenvalue weighted by atomic mass is 10.3. The van der Waals surface area contributed by atoms with Gasteiger partial charge in [-0.2, -0.15) is 8.78 Å². The van der Waals surface area contributed by atoms with E-state index in [4.69, 9.17) is 9.47 Å². The topological polar surface area (TPSA) is 67.9 Å². The molecule has 25 heavy (non-hydrogen) atoms. The minimum absolute atomic E-state index is 0.0575. The molecule has 0 atom stereocenters. The predicted octanol–water partition coefficient (Wildman–Crippen LogP) is 2.45. The van der Waals surface area contributed by atoms with Crippen LogP contribution in [0.1, 0.15) is 6.92 Å². The Morgan fingerprint density at radius 2 is 2.00 bits per heavy atom. The number of thioether (sulfide) groups is 1. The van der Waals surface area contributed by atoms with Crippen molar-refractivity contribution in [1.82, 2.24) is 4.90 Å². The standard InChI is InChI=1S/C16H22F2N2O4S/c1-3-24-15(22)11-20(8-9-23-2)10-14(21)19-12-6-4-5-7-13(12)25-16(17)18/h4-7,16H,3,8-11H2,1-2H3,(H,19,21). The summed E-state index contributed by atoms with van der Waals surface area (Å²) in [5.74, 6) is -3.44. The maximum Gasteiger partial charge on any atom is 0.320 e. The van der Waals surface area contributed by atoms with Crippen LogP contribution in [-0.4, -0.2) is 62.5 Å². The molecule has 1 aromatic carbocycles. The van der Waals surface area contributed by atoms with E-state index in [0.29, 0.717) is 30.6 Å². The number of amides is 1. The number of anilines is 1. The van der Waals surface area contributed by atoms with Crippen LogP contribution < -0.4 is 5.32 Å². The summed E-state index contributed by atoms with van der Waals surface area (Å²) in [7, 11) is 1.51. The van der Waals surface area contributed by atoms with Gasteiger partial charge in [0.15, 0.2) is 0 Å². The van der Waals surface area contributed by atoms with Crippen LogP contribution in [0.15, 0.2) is 29.2 Å². The summed E-state index contributed by atoms with van der Waals surface area (Å²) in [6.45, 7) is 2.50. The fraction of sp³-hybridized carbons (Fsp3) is 0.500.